The SMILES string of the molecule is CCCCCCc1csc(-c2cccc(Br)c2)n1. The molecule has 1 heterocycles. The van der Waals surface area contributed by atoms with E-state index in [2.05, 4.69) is 46.4 Å². The van der Waals surface area contributed by atoms with Crippen molar-refractivity contribution in [3.8, 4) is 10.6 Å². The van der Waals surface area contributed by atoms with Crippen molar-refractivity contribution in [2.45, 2.75) is 39.0 Å². The first-order chi connectivity index (χ1) is 8.79. The third-order valence-corrected chi connectivity index (χ3v) is 4.34. The molecule has 0 saturated heterocycles. The molecule has 0 unspecified atom stereocenters. The van der Waals surface area contributed by atoms with Crippen molar-refractivity contribution in [2.75, 3.05) is 0 Å². The maximum absolute atomic E-state index is 4.72. The number of hydrogen-bond donors (Lipinski definition) is 0. The zero-order valence-electron chi connectivity index (χ0n) is 10.7. The first-order valence-electron chi connectivity index (χ1n) is 6.50. The van der Waals surface area contributed by atoms with Crippen LogP contribution in [0.4, 0.5) is 0 Å². The molecule has 0 aliphatic heterocycles. The molecule has 3 heteroatoms. The zero-order valence-corrected chi connectivity index (χ0v) is 13.1. The average Bonchev–Trinajstić information content (AvgIpc) is 2.83. The van der Waals surface area contributed by atoms with E-state index in [4.69, 9.17) is 4.98 Å². The van der Waals surface area contributed by atoms with Crippen LogP contribution in [0, 0.1) is 0 Å². The van der Waals surface area contributed by atoms with Crippen molar-refractivity contribution in [3.63, 3.8) is 0 Å². The van der Waals surface area contributed by atoms with Crippen LogP contribution in [-0.2, 0) is 6.42 Å². The standard InChI is InChI=1S/C15H18BrNS/c1-2-3-4-5-9-14-11-18-15(17-14)12-7-6-8-13(16)10-12/h6-8,10-11H,2-5,9H2,1H3. The molecule has 96 valence electrons. The molecule has 0 bridgehead atoms. The van der Waals surface area contributed by atoms with Gasteiger partial charge in [0.25, 0.3) is 0 Å². The summed E-state index contributed by atoms with van der Waals surface area (Å²) >= 11 is 5.25. The Morgan fingerprint density at radius 3 is 2.89 bits per heavy atom. The fraction of sp³-hybridized carbons (Fsp3) is 0.400. The number of aryl methyl sites for hydroxylation is 1. The lowest BCUT2D eigenvalue weighted by Gasteiger charge is -1.98. The molecule has 1 aromatic heterocycles. The molecular weight excluding hydrogens is 306 g/mol. The molecule has 1 aromatic carbocycles. The van der Waals surface area contributed by atoms with Gasteiger partial charge in [0.1, 0.15) is 5.01 Å². The van der Waals surface area contributed by atoms with Crippen molar-refractivity contribution >= 4 is 27.3 Å². The molecule has 1 nitrogen and oxygen atoms in total. The summed E-state index contributed by atoms with van der Waals surface area (Å²) in [6.45, 7) is 2.24. The van der Waals surface area contributed by atoms with Crippen LogP contribution in [0.5, 0.6) is 0 Å². The van der Waals surface area contributed by atoms with E-state index in [1.807, 2.05) is 6.07 Å². The second-order valence-electron chi connectivity index (χ2n) is 4.47. The number of benzene rings is 1. The van der Waals surface area contributed by atoms with Crippen molar-refractivity contribution in [2.24, 2.45) is 0 Å². The Kier molecular flexibility index (Phi) is 5.39. The van der Waals surface area contributed by atoms with Crippen LogP contribution in [0.25, 0.3) is 10.6 Å². The first-order valence-corrected chi connectivity index (χ1v) is 8.17. The van der Waals surface area contributed by atoms with Gasteiger partial charge in [-0.3, -0.25) is 0 Å². The Balaban J connectivity index is 1.97. The lowest BCUT2D eigenvalue weighted by molar-refractivity contribution is 0.662. The average molecular weight is 324 g/mol. The van der Waals surface area contributed by atoms with Crippen molar-refractivity contribution in [1.29, 1.82) is 0 Å². The Morgan fingerprint density at radius 2 is 2.11 bits per heavy atom. The highest BCUT2D eigenvalue weighted by atomic mass is 79.9. The fourth-order valence-electron chi connectivity index (χ4n) is 1.91. The number of aromatic nitrogens is 1. The van der Waals surface area contributed by atoms with Crippen LogP contribution in [0.3, 0.4) is 0 Å². The van der Waals surface area contributed by atoms with E-state index in [0.717, 1.165) is 15.9 Å². The quantitative estimate of drug-likeness (QED) is 0.622. The maximum atomic E-state index is 4.72. The summed E-state index contributed by atoms with van der Waals surface area (Å²) in [5, 5.41) is 3.32. The summed E-state index contributed by atoms with van der Waals surface area (Å²) in [6.07, 6.45) is 6.32. The lowest BCUT2D eigenvalue weighted by Crippen LogP contribution is -1.86. The topological polar surface area (TPSA) is 12.9 Å². The number of halogens is 1. The van der Waals surface area contributed by atoms with Gasteiger partial charge in [-0.25, -0.2) is 4.98 Å². The van der Waals surface area contributed by atoms with Gasteiger partial charge < -0.3 is 0 Å². The highest BCUT2D eigenvalue weighted by Gasteiger charge is 2.04. The van der Waals surface area contributed by atoms with Gasteiger partial charge in [-0.2, -0.15) is 0 Å². The largest absolute Gasteiger partial charge is 0.241 e. The molecule has 0 aliphatic rings. The van der Waals surface area contributed by atoms with Crippen LogP contribution < -0.4 is 0 Å². The summed E-state index contributed by atoms with van der Waals surface area (Å²) in [4.78, 5) is 4.72. The number of unbranched alkanes of at least 4 members (excludes halogenated alkanes) is 3. The third-order valence-electron chi connectivity index (χ3n) is 2.91. The third kappa shape index (κ3) is 3.92. The monoisotopic (exact) mass is 323 g/mol. The van der Waals surface area contributed by atoms with Crippen LogP contribution in [0.2, 0.25) is 0 Å². The Labute approximate surface area is 121 Å². The number of thiazole rings is 1. The van der Waals surface area contributed by atoms with E-state index in [0.29, 0.717) is 0 Å². The molecule has 0 radical (unpaired) electrons. The van der Waals surface area contributed by atoms with Gasteiger partial charge in [0.2, 0.25) is 0 Å². The second-order valence-corrected chi connectivity index (χ2v) is 6.24. The lowest BCUT2D eigenvalue weighted by atomic mass is 10.1. The fourth-order valence-corrected chi connectivity index (χ4v) is 3.16. The van der Waals surface area contributed by atoms with Gasteiger partial charge in [0, 0.05) is 15.4 Å². The van der Waals surface area contributed by atoms with Crippen molar-refractivity contribution in [3.05, 3.63) is 39.8 Å². The molecule has 2 rings (SSSR count). The Morgan fingerprint density at radius 1 is 1.22 bits per heavy atom. The van der Waals surface area contributed by atoms with Crippen molar-refractivity contribution in [1.82, 2.24) is 4.98 Å². The van der Waals surface area contributed by atoms with E-state index < -0.39 is 0 Å². The minimum absolute atomic E-state index is 1.11. The number of rotatable bonds is 6. The van der Waals surface area contributed by atoms with Crippen molar-refractivity contribution < 1.29 is 0 Å². The van der Waals surface area contributed by atoms with Gasteiger partial charge in [-0.1, -0.05) is 54.2 Å². The summed E-state index contributed by atoms with van der Waals surface area (Å²) in [5.41, 5.74) is 2.44. The maximum Gasteiger partial charge on any atom is 0.123 e. The number of nitrogens with zero attached hydrogens (tertiary/aromatic N) is 1. The van der Waals surface area contributed by atoms with E-state index in [-0.39, 0.29) is 0 Å². The highest BCUT2D eigenvalue weighted by Crippen LogP contribution is 2.26. The molecule has 0 N–H and O–H groups in total. The Bertz CT molecular complexity index is 493. The predicted molar refractivity (Wildman–Crippen MR) is 83.1 cm³/mol. The summed E-state index contributed by atoms with van der Waals surface area (Å²) in [7, 11) is 0. The number of hydrogen-bond acceptors (Lipinski definition) is 2. The predicted octanol–water partition coefficient (Wildman–Crippen LogP) is 5.70. The molecule has 0 saturated carbocycles. The van der Waals surface area contributed by atoms with E-state index in [1.54, 1.807) is 11.3 Å². The minimum atomic E-state index is 1.11. The van der Waals surface area contributed by atoms with Gasteiger partial charge in [-0.15, -0.1) is 11.3 Å². The van der Waals surface area contributed by atoms with Crippen LogP contribution >= 0.6 is 27.3 Å². The van der Waals surface area contributed by atoms with Crippen LogP contribution in [0.1, 0.15) is 38.3 Å². The molecule has 0 amide bonds. The molecule has 0 atom stereocenters. The summed E-state index contributed by atoms with van der Waals surface area (Å²) in [6, 6.07) is 8.34. The minimum Gasteiger partial charge on any atom is -0.241 e. The van der Waals surface area contributed by atoms with Gasteiger partial charge in [0.05, 0.1) is 5.69 Å². The zero-order chi connectivity index (χ0) is 12.8. The molecule has 2 aromatic rings. The summed E-state index contributed by atoms with van der Waals surface area (Å²) in [5.74, 6) is 0. The van der Waals surface area contributed by atoms with Crippen LogP contribution in [0.15, 0.2) is 34.1 Å². The first kappa shape index (κ1) is 13.8. The van der Waals surface area contributed by atoms with Gasteiger partial charge in [0.15, 0.2) is 0 Å². The summed E-state index contributed by atoms with van der Waals surface area (Å²) < 4.78 is 1.11. The molecule has 0 spiro atoms. The normalized spacial score (nSPS) is 10.8. The second kappa shape index (κ2) is 7.05. The van der Waals surface area contributed by atoms with E-state index in [1.165, 1.54) is 36.9 Å². The molecular formula is C15H18BrNS. The molecule has 0 fully saturated rings. The molecule has 0 aliphatic carbocycles. The van der Waals surface area contributed by atoms with Crippen LogP contribution in [-0.4, -0.2) is 4.98 Å². The van der Waals surface area contributed by atoms with E-state index in [9.17, 15) is 0 Å². The van der Waals surface area contributed by atoms with E-state index >= 15 is 0 Å². The van der Waals surface area contributed by atoms with Gasteiger partial charge >= 0.3 is 0 Å². The van der Waals surface area contributed by atoms with Gasteiger partial charge in [-0.05, 0) is 25.0 Å². The molecule has 18 heavy (non-hydrogen) atoms. The Hall–Kier alpha value is -0.670. The highest BCUT2D eigenvalue weighted by molar-refractivity contribution is 9.10. The smallest absolute Gasteiger partial charge is 0.123 e.